The Morgan fingerprint density at radius 1 is 1.30 bits per heavy atom. The van der Waals surface area contributed by atoms with Crippen molar-refractivity contribution in [3.63, 3.8) is 0 Å². The second kappa shape index (κ2) is 8.07. The van der Waals surface area contributed by atoms with E-state index < -0.39 is 0 Å². The molecule has 1 amide bonds. The second-order valence-corrected chi connectivity index (χ2v) is 4.75. The van der Waals surface area contributed by atoms with E-state index in [0.717, 1.165) is 28.8 Å². The first-order valence-corrected chi connectivity index (χ1v) is 6.42. The molecule has 4 nitrogen and oxygen atoms in total. The smallest absolute Gasteiger partial charge is 0.213 e. The van der Waals surface area contributed by atoms with E-state index in [1.165, 1.54) is 4.90 Å². The Bertz CT molecular complexity index is 523. The van der Waals surface area contributed by atoms with E-state index in [1.54, 1.807) is 19.5 Å². The fourth-order valence-electron chi connectivity index (χ4n) is 1.57. The van der Waals surface area contributed by atoms with E-state index in [0.29, 0.717) is 6.54 Å². The van der Waals surface area contributed by atoms with Crippen molar-refractivity contribution in [2.24, 2.45) is 10.7 Å². The Morgan fingerprint density at radius 3 is 2.45 bits per heavy atom. The third kappa shape index (κ3) is 5.63. The minimum absolute atomic E-state index is 0.525. The Labute approximate surface area is 120 Å². The molecule has 0 atom stereocenters. The van der Waals surface area contributed by atoms with E-state index in [9.17, 15) is 4.79 Å². The highest BCUT2D eigenvalue weighted by Gasteiger charge is 1.94. The monoisotopic (exact) mass is 271 g/mol. The lowest BCUT2D eigenvalue weighted by Gasteiger charge is -2.05. The minimum Gasteiger partial charge on any atom is -0.326 e. The van der Waals surface area contributed by atoms with Crippen LogP contribution in [-0.2, 0) is 11.3 Å². The topological polar surface area (TPSA) is 58.7 Å². The van der Waals surface area contributed by atoms with Crippen molar-refractivity contribution < 1.29 is 4.79 Å². The first-order valence-electron chi connectivity index (χ1n) is 6.42. The summed E-state index contributed by atoms with van der Waals surface area (Å²) >= 11 is 0. The zero-order valence-electron chi connectivity index (χ0n) is 12.2. The van der Waals surface area contributed by atoms with E-state index in [4.69, 9.17) is 5.73 Å². The molecule has 0 heterocycles. The summed E-state index contributed by atoms with van der Waals surface area (Å²) in [5, 5.41) is 0. The van der Waals surface area contributed by atoms with Crippen molar-refractivity contribution in [3.05, 3.63) is 53.3 Å². The molecule has 0 aliphatic rings. The standard InChI is InChI=1S/C16H21N3O/c1-13(2)8-15(11-19(3)12-20)10-18-16-6-4-14(9-17)5-7-16/h4-8,10-12H,9,17H2,1-3H3/b15-11+,18-10+. The maximum atomic E-state index is 10.7. The number of carbonyl (C=O) groups excluding carboxylic acids is 1. The molecule has 2 N–H and O–H groups in total. The summed E-state index contributed by atoms with van der Waals surface area (Å²) in [6.45, 7) is 4.52. The molecular weight excluding hydrogens is 250 g/mol. The molecule has 106 valence electrons. The number of amides is 1. The third-order valence-electron chi connectivity index (χ3n) is 2.51. The Balaban J connectivity index is 2.93. The zero-order valence-corrected chi connectivity index (χ0v) is 12.2. The Hall–Kier alpha value is -2.20. The molecule has 1 aromatic carbocycles. The van der Waals surface area contributed by atoms with Gasteiger partial charge in [0.15, 0.2) is 0 Å². The van der Waals surface area contributed by atoms with Crippen LogP contribution in [0.4, 0.5) is 5.69 Å². The molecule has 0 bridgehead atoms. The number of nitrogens with zero attached hydrogens (tertiary/aromatic N) is 2. The summed E-state index contributed by atoms with van der Waals surface area (Å²) in [5.74, 6) is 0. The fraction of sp³-hybridized carbons (Fsp3) is 0.250. The Morgan fingerprint density at radius 2 is 1.95 bits per heavy atom. The van der Waals surface area contributed by atoms with Gasteiger partial charge in [-0.05, 0) is 31.5 Å². The van der Waals surface area contributed by atoms with Gasteiger partial charge in [0.25, 0.3) is 0 Å². The summed E-state index contributed by atoms with van der Waals surface area (Å²) in [4.78, 5) is 16.5. The van der Waals surface area contributed by atoms with Gasteiger partial charge in [-0.15, -0.1) is 0 Å². The number of carbonyl (C=O) groups is 1. The number of nitrogens with two attached hydrogens (primary N) is 1. The number of hydrogen-bond donors (Lipinski definition) is 1. The van der Waals surface area contributed by atoms with Crippen molar-refractivity contribution in [2.45, 2.75) is 20.4 Å². The van der Waals surface area contributed by atoms with Gasteiger partial charge in [-0.1, -0.05) is 23.8 Å². The lowest BCUT2D eigenvalue weighted by atomic mass is 10.2. The van der Waals surface area contributed by atoms with E-state index in [-0.39, 0.29) is 0 Å². The molecule has 1 rings (SSSR count). The summed E-state index contributed by atoms with van der Waals surface area (Å²) in [6, 6.07) is 7.74. The van der Waals surface area contributed by atoms with Crippen LogP contribution in [0.2, 0.25) is 0 Å². The van der Waals surface area contributed by atoms with Gasteiger partial charge in [-0.25, -0.2) is 0 Å². The highest BCUT2D eigenvalue weighted by molar-refractivity contribution is 5.84. The predicted octanol–water partition coefficient (Wildman–Crippen LogP) is 2.79. The highest BCUT2D eigenvalue weighted by atomic mass is 16.1. The van der Waals surface area contributed by atoms with Gasteiger partial charge in [-0.3, -0.25) is 9.79 Å². The van der Waals surface area contributed by atoms with Crippen LogP contribution >= 0.6 is 0 Å². The minimum atomic E-state index is 0.525. The maximum absolute atomic E-state index is 10.7. The normalized spacial score (nSPS) is 11.5. The summed E-state index contributed by atoms with van der Waals surface area (Å²) in [6.07, 6.45) is 6.20. The molecule has 0 unspecified atom stereocenters. The van der Waals surface area contributed by atoms with Gasteiger partial charge in [0.1, 0.15) is 0 Å². The molecule has 0 radical (unpaired) electrons. The van der Waals surface area contributed by atoms with Gasteiger partial charge in [0.05, 0.1) is 5.69 Å². The predicted molar refractivity (Wildman–Crippen MR) is 83.8 cm³/mol. The highest BCUT2D eigenvalue weighted by Crippen LogP contribution is 2.13. The third-order valence-corrected chi connectivity index (χ3v) is 2.51. The van der Waals surface area contributed by atoms with Crippen LogP contribution in [0.1, 0.15) is 19.4 Å². The lowest BCUT2D eigenvalue weighted by molar-refractivity contribution is -0.115. The SMILES string of the molecule is CC(C)=CC(/C=N/c1ccc(CN)cc1)=C\N(C)C=O. The summed E-state index contributed by atoms with van der Waals surface area (Å²) < 4.78 is 0. The van der Waals surface area contributed by atoms with Crippen LogP contribution in [0.5, 0.6) is 0 Å². The maximum Gasteiger partial charge on any atom is 0.213 e. The molecule has 0 spiro atoms. The van der Waals surface area contributed by atoms with Gasteiger partial charge < -0.3 is 10.6 Å². The number of aliphatic imine (C=N–C) groups is 1. The van der Waals surface area contributed by atoms with Gasteiger partial charge in [0, 0.05) is 31.6 Å². The number of hydrogen-bond acceptors (Lipinski definition) is 3. The molecule has 20 heavy (non-hydrogen) atoms. The number of rotatable bonds is 6. The van der Waals surface area contributed by atoms with Crippen molar-refractivity contribution in [1.82, 2.24) is 4.90 Å². The van der Waals surface area contributed by atoms with Gasteiger partial charge in [-0.2, -0.15) is 0 Å². The van der Waals surface area contributed by atoms with Crippen molar-refractivity contribution in [1.29, 1.82) is 0 Å². The van der Waals surface area contributed by atoms with Crippen LogP contribution in [0, 0.1) is 0 Å². The van der Waals surface area contributed by atoms with Crippen LogP contribution in [-0.4, -0.2) is 24.6 Å². The molecule has 0 aliphatic carbocycles. The van der Waals surface area contributed by atoms with E-state index in [2.05, 4.69) is 4.99 Å². The molecular formula is C16H21N3O. The van der Waals surface area contributed by atoms with E-state index >= 15 is 0 Å². The quantitative estimate of drug-likeness (QED) is 0.491. The molecule has 0 aliphatic heterocycles. The van der Waals surface area contributed by atoms with Crippen LogP contribution in [0.3, 0.4) is 0 Å². The summed E-state index contributed by atoms with van der Waals surface area (Å²) in [7, 11) is 1.69. The molecule has 0 aromatic heterocycles. The van der Waals surface area contributed by atoms with Crippen molar-refractivity contribution >= 4 is 18.3 Å². The largest absolute Gasteiger partial charge is 0.326 e. The number of benzene rings is 1. The molecule has 4 heteroatoms. The van der Waals surface area contributed by atoms with Gasteiger partial charge in [0.2, 0.25) is 6.41 Å². The lowest BCUT2D eigenvalue weighted by Crippen LogP contribution is -2.08. The molecule has 0 saturated heterocycles. The van der Waals surface area contributed by atoms with Gasteiger partial charge >= 0.3 is 0 Å². The first-order chi connectivity index (χ1) is 9.55. The second-order valence-electron chi connectivity index (χ2n) is 4.75. The van der Waals surface area contributed by atoms with Crippen LogP contribution in [0.15, 0.2) is 52.7 Å². The average molecular weight is 271 g/mol. The number of allylic oxidation sites excluding steroid dienone is 3. The summed E-state index contributed by atoms with van der Waals surface area (Å²) in [5.41, 5.74) is 9.48. The molecule has 0 fully saturated rings. The van der Waals surface area contributed by atoms with Crippen molar-refractivity contribution in [2.75, 3.05) is 7.05 Å². The molecule has 0 saturated carbocycles. The fourth-order valence-corrected chi connectivity index (χ4v) is 1.57. The zero-order chi connectivity index (χ0) is 15.0. The first kappa shape index (κ1) is 15.9. The van der Waals surface area contributed by atoms with Crippen LogP contribution in [0.25, 0.3) is 0 Å². The average Bonchev–Trinajstić information content (AvgIpc) is 2.44. The van der Waals surface area contributed by atoms with E-state index in [1.807, 2.05) is 44.2 Å². The van der Waals surface area contributed by atoms with Crippen molar-refractivity contribution in [3.8, 4) is 0 Å². The van der Waals surface area contributed by atoms with Crippen LogP contribution < -0.4 is 5.73 Å². The molecule has 1 aromatic rings. The Kier molecular flexibility index (Phi) is 6.40.